The maximum atomic E-state index is 14.0. The zero-order valence-corrected chi connectivity index (χ0v) is 14.8. The number of aliphatic imine (C=N–C) groups is 1. The van der Waals surface area contributed by atoms with Crippen molar-refractivity contribution in [2.75, 3.05) is 13.1 Å². The van der Waals surface area contributed by atoms with E-state index in [1.165, 1.54) is 18.2 Å². The second kappa shape index (κ2) is 7.90. The Balaban J connectivity index is 1.64. The van der Waals surface area contributed by atoms with Gasteiger partial charge < -0.3 is 16.0 Å². The Labute approximate surface area is 151 Å². The first-order chi connectivity index (χ1) is 12.5. The molecule has 3 rings (SSSR count). The molecule has 0 aliphatic carbocycles. The van der Waals surface area contributed by atoms with Crippen molar-refractivity contribution in [2.24, 2.45) is 4.99 Å². The number of carbonyl (C=O) groups is 1. The first kappa shape index (κ1) is 17.8. The highest BCUT2D eigenvalue weighted by atomic mass is 19.1. The van der Waals surface area contributed by atoms with Gasteiger partial charge in [-0.3, -0.25) is 9.79 Å². The van der Waals surface area contributed by atoms with Crippen LogP contribution in [0.15, 0.2) is 29.3 Å². The lowest BCUT2D eigenvalue weighted by molar-refractivity contribution is 0.0949. The molecule has 1 aromatic heterocycles. The molecular formula is C18H21FN6O. The third kappa shape index (κ3) is 4.53. The molecule has 0 radical (unpaired) electrons. The molecule has 1 aromatic carbocycles. The maximum Gasteiger partial charge on any atom is 0.251 e. The predicted molar refractivity (Wildman–Crippen MR) is 96.2 cm³/mol. The van der Waals surface area contributed by atoms with Crippen molar-refractivity contribution in [2.45, 2.75) is 26.9 Å². The number of nitrogens with one attached hydrogen (secondary N) is 3. The van der Waals surface area contributed by atoms with Crippen LogP contribution in [0, 0.1) is 19.7 Å². The van der Waals surface area contributed by atoms with Gasteiger partial charge in [-0.15, -0.1) is 0 Å². The van der Waals surface area contributed by atoms with Crippen molar-refractivity contribution in [3.63, 3.8) is 0 Å². The number of nitrogens with zero attached hydrogens (tertiary/aromatic N) is 3. The van der Waals surface area contributed by atoms with E-state index in [4.69, 9.17) is 0 Å². The number of hydrogen-bond acceptors (Lipinski definition) is 6. The van der Waals surface area contributed by atoms with Gasteiger partial charge in [-0.2, -0.15) is 0 Å². The van der Waals surface area contributed by atoms with Crippen LogP contribution in [-0.2, 0) is 13.1 Å². The summed E-state index contributed by atoms with van der Waals surface area (Å²) in [6.07, 6.45) is 0. The normalized spacial score (nSPS) is 13.1. The molecule has 136 valence electrons. The molecule has 1 aliphatic rings. The van der Waals surface area contributed by atoms with E-state index < -0.39 is 0 Å². The molecule has 1 aliphatic heterocycles. The van der Waals surface area contributed by atoms with Gasteiger partial charge in [-0.25, -0.2) is 14.4 Å². The maximum absolute atomic E-state index is 14.0. The van der Waals surface area contributed by atoms with Crippen molar-refractivity contribution in [1.82, 2.24) is 25.9 Å². The van der Waals surface area contributed by atoms with E-state index in [9.17, 15) is 9.18 Å². The standard InChI is InChI=1S/C18H21FN6O/c1-11-7-12(2)25-16(24-11)10-22-17(26)13-3-4-15(19)14(8-13)9-23-18-20-5-6-21-18/h3-4,7-8H,5-6,9-10H2,1-2H3,(H,22,26)(H2,20,21,23). The average Bonchev–Trinajstić information content (AvgIpc) is 3.11. The van der Waals surface area contributed by atoms with Gasteiger partial charge in [0, 0.05) is 35.6 Å². The fraction of sp³-hybridized carbons (Fsp3) is 0.333. The minimum Gasteiger partial charge on any atom is -0.355 e. The summed E-state index contributed by atoms with van der Waals surface area (Å²) in [5, 5.41) is 8.85. The quantitative estimate of drug-likeness (QED) is 0.749. The Morgan fingerprint density at radius 2 is 1.96 bits per heavy atom. The number of guanidine groups is 1. The fourth-order valence-corrected chi connectivity index (χ4v) is 2.69. The molecule has 0 saturated carbocycles. The van der Waals surface area contributed by atoms with E-state index in [1.54, 1.807) is 0 Å². The van der Waals surface area contributed by atoms with Gasteiger partial charge in [-0.1, -0.05) is 0 Å². The molecule has 8 heteroatoms. The van der Waals surface area contributed by atoms with Crippen LogP contribution in [0.1, 0.15) is 33.1 Å². The zero-order chi connectivity index (χ0) is 18.5. The van der Waals surface area contributed by atoms with E-state index in [2.05, 4.69) is 30.9 Å². The molecule has 0 bridgehead atoms. The van der Waals surface area contributed by atoms with Crippen LogP contribution in [-0.4, -0.2) is 34.9 Å². The van der Waals surface area contributed by atoms with Crippen molar-refractivity contribution in [3.8, 4) is 0 Å². The number of hydrogen-bond donors (Lipinski definition) is 3. The zero-order valence-electron chi connectivity index (χ0n) is 14.8. The molecule has 0 unspecified atom stereocenters. The van der Waals surface area contributed by atoms with Gasteiger partial charge in [0.25, 0.3) is 5.91 Å². The van der Waals surface area contributed by atoms with E-state index in [-0.39, 0.29) is 24.8 Å². The number of aromatic nitrogens is 2. The van der Waals surface area contributed by atoms with Crippen LogP contribution < -0.4 is 16.0 Å². The number of benzene rings is 1. The number of aryl methyl sites for hydroxylation is 2. The van der Waals surface area contributed by atoms with E-state index in [1.807, 2.05) is 19.9 Å². The van der Waals surface area contributed by atoms with Crippen LogP contribution >= 0.6 is 0 Å². The fourth-order valence-electron chi connectivity index (χ4n) is 2.69. The van der Waals surface area contributed by atoms with E-state index in [0.29, 0.717) is 29.5 Å². The summed E-state index contributed by atoms with van der Waals surface area (Å²) in [6, 6.07) is 6.16. The second-order valence-electron chi connectivity index (χ2n) is 6.07. The lowest BCUT2D eigenvalue weighted by Gasteiger charge is -2.10. The largest absolute Gasteiger partial charge is 0.355 e. The summed E-state index contributed by atoms with van der Waals surface area (Å²) in [6.45, 7) is 5.69. The topological polar surface area (TPSA) is 91.3 Å². The van der Waals surface area contributed by atoms with Crippen molar-refractivity contribution in [3.05, 3.63) is 58.4 Å². The molecule has 26 heavy (non-hydrogen) atoms. The molecule has 0 saturated heterocycles. The smallest absolute Gasteiger partial charge is 0.251 e. The van der Waals surface area contributed by atoms with Gasteiger partial charge in [-0.05, 0) is 38.1 Å². The number of amides is 1. The lowest BCUT2D eigenvalue weighted by Crippen LogP contribution is -2.33. The number of rotatable bonds is 5. The molecule has 7 nitrogen and oxygen atoms in total. The van der Waals surface area contributed by atoms with Crippen LogP contribution in [0.2, 0.25) is 0 Å². The molecule has 2 aromatic rings. The summed E-state index contributed by atoms with van der Waals surface area (Å²) in [4.78, 5) is 25.1. The van der Waals surface area contributed by atoms with E-state index in [0.717, 1.165) is 17.9 Å². The molecule has 3 N–H and O–H groups in total. The van der Waals surface area contributed by atoms with Crippen LogP contribution in [0.25, 0.3) is 0 Å². The molecular weight excluding hydrogens is 335 g/mol. The first-order valence-electron chi connectivity index (χ1n) is 8.41. The van der Waals surface area contributed by atoms with Gasteiger partial charge in [0.2, 0.25) is 0 Å². The van der Waals surface area contributed by atoms with Gasteiger partial charge >= 0.3 is 0 Å². The first-order valence-corrected chi connectivity index (χ1v) is 8.41. The van der Waals surface area contributed by atoms with Crippen molar-refractivity contribution in [1.29, 1.82) is 0 Å². The molecule has 0 spiro atoms. The van der Waals surface area contributed by atoms with Crippen LogP contribution in [0.4, 0.5) is 4.39 Å². The van der Waals surface area contributed by atoms with Crippen LogP contribution in [0.5, 0.6) is 0 Å². The lowest BCUT2D eigenvalue weighted by atomic mass is 10.1. The minimum absolute atomic E-state index is 0.215. The highest BCUT2D eigenvalue weighted by Crippen LogP contribution is 2.11. The highest BCUT2D eigenvalue weighted by molar-refractivity contribution is 5.94. The average molecular weight is 356 g/mol. The van der Waals surface area contributed by atoms with Crippen LogP contribution in [0.3, 0.4) is 0 Å². The molecule has 2 heterocycles. The molecule has 0 atom stereocenters. The molecule has 0 fully saturated rings. The Morgan fingerprint density at radius 1 is 1.19 bits per heavy atom. The summed E-state index contributed by atoms with van der Waals surface area (Å²) in [5.74, 6) is 0.520. The Bertz CT molecular complexity index is 831. The van der Waals surface area contributed by atoms with Gasteiger partial charge in [0.05, 0.1) is 13.1 Å². The SMILES string of the molecule is Cc1cc(C)nc(CNC(=O)c2ccc(F)c(CNC3=NCCN3)c2)n1. The van der Waals surface area contributed by atoms with Crippen molar-refractivity contribution < 1.29 is 9.18 Å². The Morgan fingerprint density at radius 3 is 2.65 bits per heavy atom. The monoisotopic (exact) mass is 356 g/mol. The third-order valence-electron chi connectivity index (χ3n) is 3.86. The summed E-state index contributed by atoms with van der Waals surface area (Å²) in [5.41, 5.74) is 2.48. The minimum atomic E-state index is -0.370. The third-order valence-corrected chi connectivity index (χ3v) is 3.86. The summed E-state index contributed by atoms with van der Waals surface area (Å²) < 4.78 is 14.0. The summed E-state index contributed by atoms with van der Waals surface area (Å²) in [7, 11) is 0. The van der Waals surface area contributed by atoms with Crippen molar-refractivity contribution >= 4 is 11.9 Å². The van der Waals surface area contributed by atoms with E-state index >= 15 is 0 Å². The Hall–Kier alpha value is -3.03. The second-order valence-corrected chi connectivity index (χ2v) is 6.07. The predicted octanol–water partition coefficient (Wildman–Crippen LogP) is 1.21. The summed E-state index contributed by atoms with van der Waals surface area (Å²) >= 11 is 0. The number of halogens is 1. The molecule has 1 amide bonds. The Kier molecular flexibility index (Phi) is 5.40. The van der Waals surface area contributed by atoms with Gasteiger partial charge in [0.1, 0.15) is 11.6 Å². The number of carbonyl (C=O) groups excluding carboxylic acids is 1. The highest BCUT2D eigenvalue weighted by Gasteiger charge is 2.12. The van der Waals surface area contributed by atoms with Gasteiger partial charge in [0.15, 0.2) is 5.96 Å².